The minimum atomic E-state index is 0.741. The van der Waals surface area contributed by atoms with Gasteiger partial charge in [0.15, 0.2) is 0 Å². The normalized spacial score (nSPS) is 10.9. The number of rotatable bonds is 3. The summed E-state index contributed by atoms with van der Waals surface area (Å²) in [6.45, 7) is 1.90. The van der Waals surface area contributed by atoms with E-state index < -0.39 is 0 Å². The lowest BCUT2D eigenvalue weighted by molar-refractivity contribution is 0.302. The van der Waals surface area contributed by atoms with Crippen molar-refractivity contribution in [3.05, 3.63) is 47.9 Å². The van der Waals surface area contributed by atoms with Gasteiger partial charge in [0.2, 0.25) is 0 Å². The number of aromatic nitrogens is 3. The smallest absolute Gasteiger partial charge is 0.118 e. The molecule has 0 fully saturated rings. The van der Waals surface area contributed by atoms with Gasteiger partial charge in [0, 0.05) is 22.2 Å². The van der Waals surface area contributed by atoms with Gasteiger partial charge in [0.1, 0.15) is 11.4 Å². The summed E-state index contributed by atoms with van der Waals surface area (Å²) >= 11 is 1.70. The maximum atomic E-state index is 4.69. The molecule has 4 nitrogen and oxygen atoms in total. The van der Waals surface area contributed by atoms with E-state index in [-0.39, 0.29) is 0 Å². The van der Waals surface area contributed by atoms with Crippen molar-refractivity contribution in [3.63, 3.8) is 0 Å². The monoisotopic (exact) mass is 257 g/mol. The molecule has 0 atom stereocenters. The van der Waals surface area contributed by atoms with E-state index in [9.17, 15) is 0 Å². The third kappa shape index (κ3) is 2.09. The molecule has 2 aromatic heterocycles. The first-order valence-corrected chi connectivity index (χ1v) is 6.58. The van der Waals surface area contributed by atoms with Crippen LogP contribution in [0.2, 0.25) is 0 Å². The van der Waals surface area contributed by atoms with Crippen LogP contribution in [-0.2, 0) is 5.75 Å². The molecular formula is C13H11N3OS. The van der Waals surface area contributed by atoms with Gasteiger partial charge in [-0.2, -0.15) is 0 Å². The topological polar surface area (TPSA) is 51.8 Å². The maximum absolute atomic E-state index is 4.69. The van der Waals surface area contributed by atoms with Crippen LogP contribution in [0.25, 0.3) is 10.9 Å². The van der Waals surface area contributed by atoms with Crippen molar-refractivity contribution in [2.24, 2.45) is 0 Å². The third-order valence-electron chi connectivity index (χ3n) is 2.71. The summed E-state index contributed by atoms with van der Waals surface area (Å²) in [4.78, 5) is 5.57. The Bertz CT molecular complexity index is 675. The predicted molar refractivity (Wildman–Crippen MR) is 70.3 cm³/mol. The summed E-state index contributed by atoms with van der Waals surface area (Å²) in [5.74, 6) is 0.741. The van der Waals surface area contributed by atoms with Gasteiger partial charge in [-0.15, -0.1) is 11.8 Å². The lowest BCUT2D eigenvalue weighted by Crippen LogP contribution is -1.86. The van der Waals surface area contributed by atoms with Crippen molar-refractivity contribution >= 4 is 22.7 Å². The fourth-order valence-corrected chi connectivity index (χ4v) is 2.76. The fourth-order valence-electron chi connectivity index (χ4n) is 1.72. The highest BCUT2D eigenvalue weighted by Crippen LogP contribution is 2.28. The Morgan fingerprint density at radius 2 is 2.06 bits per heavy atom. The first kappa shape index (κ1) is 11.2. The van der Waals surface area contributed by atoms with Crippen molar-refractivity contribution in [2.45, 2.75) is 17.6 Å². The molecule has 2 heterocycles. The number of hydrogen-bond donors (Lipinski definition) is 0. The Kier molecular flexibility index (Phi) is 2.98. The van der Waals surface area contributed by atoms with E-state index in [1.807, 2.05) is 25.3 Å². The van der Waals surface area contributed by atoms with E-state index in [0.717, 1.165) is 32.9 Å². The number of nitrogens with zero attached hydrogens (tertiary/aromatic N) is 3. The van der Waals surface area contributed by atoms with Crippen molar-refractivity contribution < 1.29 is 4.63 Å². The first-order valence-electron chi connectivity index (χ1n) is 5.59. The fraction of sp³-hybridized carbons (Fsp3) is 0.154. The van der Waals surface area contributed by atoms with E-state index in [2.05, 4.69) is 33.5 Å². The lowest BCUT2D eigenvalue weighted by Gasteiger charge is -2.03. The first-order chi connectivity index (χ1) is 8.84. The van der Waals surface area contributed by atoms with E-state index in [4.69, 9.17) is 4.63 Å². The van der Waals surface area contributed by atoms with Crippen LogP contribution in [0, 0.1) is 6.92 Å². The van der Waals surface area contributed by atoms with E-state index >= 15 is 0 Å². The van der Waals surface area contributed by atoms with Crippen molar-refractivity contribution in [1.29, 1.82) is 0 Å². The molecule has 0 aliphatic heterocycles. The summed E-state index contributed by atoms with van der Waals surface area (Å²) in [6.07, 6.45) is 1.81. The zero-order chi connectivity index (χ0) is 12.4. The summed E-state index contributed by atoms with van der Waals surface area (Å²) in [5, 5.41) is 8.81. The molecule has 90 valence electrons. The number of fused-ring (bicyclic) bond motifs is 1. The molecule has 3 aromatic rings. The summed E-state index contributed by atoms with van der Waals surface area (Å²) in [7, 11) is 0. The van der Waals surface area contributed by atoms with Gasteiger partial charge >= 0.3 is 0 Å². The quantitative estimate of drug-likeness (QED) is 0.674. The number of thioether (sulfide) groups is 1. The Morgan fingerprint density at radius 1 is 1.17 bits per heavy atom. The second kappa shape index (κ2) is 4.78. The average Bonchev–Trinajstić information content (AvgIpc) is 2.82. The second-order valence-electron chi connectivity index (χ2n) is 3.92. The van der Waals surface area contributed by atoms with Gasteiger partial charge in [0.25, 0.3) is 0 Å². The Balaban J connectivity index is 1.89. The molecule has 0 saturated carbocycles. The summed E-state index contributed by atoms with van der Waals surface area (Å²) < 4.78 is 4.69. The van der Waals surface area contributed by atoms with Gasteiger partial charge in [-0.05, 0) is 19.1 Å². The average molecular weight is 257 g/mol. The van der Waals surface area contributed by atoms with E-state index in [1.54, 1.807) is 11.8 Å². The molecule has 0 saturated heterocycles. The second-order valence-corrected chi connectivity index (χ2v) is 4.93. The molecule has 18 heavy (non-hydrogen) atoms. The summed E-state index contributed by atoms with van der Waals surface area (Å²) in [5.41, 5.74) is 2.75. The zero-order valence-corrected chi connectivity index (χ0v) is 10.6. The van der Waals surface area contributed by atoms with Crippen LogP contribution in [0.5, 0.6) is 0 Å². The maximum Gasteiger partial charge on any atom is 0.118 e. The molecule has 0 spiro atoms. The highest BCUT2D eigenvalue weighted by atomic mass is 32.2. The van der Waals surface area contributed by atoms with Crippen molar-refractivity contribution in [3.8, 4) is 0 Å². The molecule has 0 unspecified atom stereocenters. The predicted octanol–water partition coefficient (Wildman–Crippen LogP) is 3.22. The number of aryl methyl sites for hydroxylation is 1. The SMILES string of the molecule is Cc1nonc1CSc1cccc2cccnc12. The molecule has 5 heteroatoms. The highest BCUT2D eigenvalue weighted by molar-refractivity contribution is 7.98. The molecule has 0 N–H and O–H groups in total. The van der Waals surface area contributed by atoms with Crippen LogP contribution in [0.4, 0.5) is 0 Å². The Morgan fingerprint density at radius 3 is 2.89 bits per heavy atom. The zero-order valence-electron chi connectivity index (χ0n) is 9.83. The van der Waals surface area contributed by atoms with Crippen molar-refractivity contribution in [2.75, 3.05) is 0 Å². The molecular weight excluding hydrogens is 246 g/mol. The Hall–Kier alpha value is -1.88. The molecule has 0 aliphatic rings. The van der Waals surface area contributed by atoms with Crippen LogP contribution >= 0.6 is 11.8 Å². The van der Waals surface area contributed by atoms with Gasteiger partial charge in [-0.25, -0.2) is 4.63 Å². The van der Waals surface area contributed by atoms with Crippen LogP contribution in [-0.4, -0.2) is 15.3 Å². The van der Waals surface area contributed by atoms with Crippen LogP contribution in [0.1, 0.15) is 11.4 Å². The van der Waals surface area contributed by atoms with Crippen molar-refractivity contribution in [1.82, 2.24) is 15.3 Å². The Labute approximate surface area is 108 Å². The number of pyridine rings is 1. The standard InChI is InChI=1S/C13H11N3OS/c1-9-11(16-17-15-9)8-18-12-6-2-4-10-5-3-7-14-13(10)12/h2-7H,8H2,1H3. The number of hydrogen-bond acceptors (Lipinski definition) is 5. The number of para-hydroxylation sites is 1. The van der Waals surface area contributed by atoms with Gasteiger partial charge in [-0.1, -0.05) is 28.5 Å². The minimum absolute atomic E-state index is 0.741. The molecule has 3 rings (SSSR count). The van der Waals surface area contributed by atoms with Crippen LogP contribution < -0.4 is 0 Å². The van der Waals surface area contributed by atoms with E-state index in [0.29, 0.717) is 0 Å². The molecule has 0 aliphatic carbocycles. The minimum Gasteiger partial charge on any atom is -0.255 e. The molecule has 1 aromatic carbocycles. The molecule has 0 amide bonds. The van der Waals surface area contributed by atoms with E-state index in [1.165, 1.54) is 0 Å². The molecule has 0 radical (unpaired) electrons. The van der Waals surface area contributed by atoms with Crippen LogP contribution in [0.15, 0.2) is 46.1 Å². The number of benzene rings is 1. The largest absolute Gasteiger partial charge is 0.255 e. The van der Waals surface area contributed by atoms with Gasteiger partial charge in [-0.3, -0.25) is 4.98 Å². The van der Waals surface area contributed by atoms with Crippen LogP contribution in [0.3, 0.4) is 0 Å². The molecule has 0 bridgehead atoms. The van der Waals surface area contributed by atoms with Gasteiger partial charge in [0.05, 0.1) is 5.52 Å². The highest BCUT2D eigenvalue weighted by Gasteiger charge is 2.07. The third-order valence-corrected chi connectivity index (χ3v) is 3.76. The van der Waals surface area contributed by atoms with Gasteiger partial charge < -0.3 is 0 Å². The summed E-state index contributed by atoms with van der Waals surface area (Å²) in [6, 6.07) is 10.2. The lowest BCUT2D eigenvalue weighted by atomic mass is 10.2.